The molecule has 0 amide bonds. The predicted octanol–water partition coefficient (Wildman–Crippen LogP) is 19.6. The van der Waals surface area contributed by atoms with Crippen molar-refractivity contribution in [2.75, 3.05) is 0 Å². The molecule has 1 aliphatic carbocycles. The van der Waals surface area contributed by atoms with Crippen molar-refractivity contribution in [1.82, 2.24) is 14.1 Å². The van der Waals surface area contributed by atoms with Gasteiger partial charge in [-0.15, -0.1) is 0 Å². The van der Waals surface area contributed by atoms with Gasteiger partial charge in [-0.05, 0) is 160 Å². The van der Waals surface area contributed by atoms with E-state index in [1.54, 1.807) is 51.7 Å². The first kappa shape index (κ1) is 40.9. The number of hydrogen-bond donors (Lipinski definition) is 0. The number of hydrogen-bond acceptors (Lipinski definition) is 2. The molecule has 14 aromatic rings. The fourth-order valence-electron chi connectivity index (χ4n) is 13.6. The van der Waals surface area contributed by atoms with E-state index < -0.39 is 167 Å². The Morgan fingerprint density at radius 3 is 1.76 bits per heavy atom. The van der Waals surface area contributed by atoms with Crippen molar-refractivity contribution >= 4 is 61.7 Å². The third-order valence-electron chi connectivity index (χ3n) is 18.9. The van der Waals surface area contributed by atoms with Gasteiger partial charge < -0.3 is 4.74 Å². The van der Waals surface area contributed by atoms with Crippen molar-refractivity contribution < 1.29 is 39.5 Å². The van der Waals surface area contributed by atoms with Gasteiger partial charge in [-0.3, -0.25) is 13.7 Å². The molecule has 0 spiro atoms. The molecule has 0 unspecified atom stereocenters. The van der Waals surface area contributed by atoms with E-state index in [0.29, 0.717) is 56.2 Å². The lowest BCUT2D eigenvalue weighted by Gasteiger charge is -2.42. The molecule has 0 fully saturated rings. The smallest absolute Gasteiger partial charge is 0.269 e. The lowest BCUT2D eigenvalue weighted by Crippen LogP contribution is -2.74. The summed E-state index contributed by atoms with van der Waals surface area (Å²) in [6, 6.07) is 27.4. The molecule has 1 aliphatic rings. The Morgan fingerprint density at radius 1 is 0.505 bits per heavy atom. The standard InChI is InChI=1S/C89H82N4OSi/c1-60-50-84(90-58-77(60)62-44-47-78-79(54-62)89(10,11)49-48-88(78,8)9)93-80-41-22-21-38-75(80)76-46-45-68(57-83(76)93)94-67-30-26-29-66(56-67)91-59-92(82-43-24-23-42-81(82)91)85-73(39-27-40-74(85)63-51-64(86(2,3)4)55-65(52-63)87(5,6)7)61-28-25-37-72(53-61)95(69-31-15-12-16-32-69,70-33-17-13-18-34-70)71-35-19-14-20-36-71/h12-47,50-58H,48-49H2,1-11H3/i1D3,12D,13D,14D,15D,16D,17D,18D,19D,20D,25D,28D,31D,32D,33D,34D,35D,36D,37D,53D. The Hall–Kier alpha value is -10.1. The summed E-state index contributed by atoms with van der Waals surface area (Å²) in [5.74, 6) is 1.18. The van der Waals surface area contributed by atoms with Gasteiger partial charge >= 0.3 is 0 Å². The summed E-state index contributed by atoms with van der Waals surface area (Å²) < 4.78 is 222. The lowest BCUT2D eigenvalue weighted by atomic mass is 9.63. The summed E-state index contributed by atoms with van der Waals surface area (Å²) in [7, 11) is -6.28. The molecular formula is C89H82N4OSi. The monoisotopic (exact) mass is 1270 g/mol. The Balaban J connectivity index is 0.965. The fraction of sp³-hybridized carbons (Fsp3) is 0.191. The summed E-state index contributed by atoms with van der Waals surface area (Å²) in [6.45, 7) is 18.9. The molecule has 11 aromatic carbocycles. The number of aromatic nitrogens is 4. The van der Waals surface area contributed by atoms with E-state index >= 15 is 0 Å². The zero-order chi connectivity index (χ0) is 84.6. The Morgan fingerprint density at radius 2 is 1.09 bits per heavy atom. The number of pyridine rings is 1. The molecule has 0 radical (unpaired) electrons. The highest BCUT2D eigenvalue weighted by Gasteiger charge is 2.42. The number of fused-ring (bicyclic) bond motifs is 5. The zero-order valence-electron chi connectivity index (χ0n) is 76.6. The molecular weight excluding hydrogens is 1170 g/mol. The molecule has 95 heavy (non-hydrogen) atoms. The van der Waals surface area contributed by atoms with Gasteiger partial charge in [0.05, 0.1) is 59.5 Å². The number of aryl methyl sites for hydroxylation is 1. The average molecular weight is 1270 g/mol. The van der Waals surface area contributed by atoms with Crippen LogP contribution in [0.4, 0.5) is 0 Å². The van der Waals surface area contributed by atoms with Crippen molar-refractivity contribution in [3.05, 3.63) is 307 Å². The number of rotatable bonds is 12. The van der Waals surface area contributed by atoms with E-state index in [1.165, 1.54) is 11.1 Å². The molecule has 6 heteroatoms. The molecule has 0 aliphatic heterocycles. The van der Waals surface area contributed by atoms with Gasteiger partial charge in [0.25, 0.3) is 6.33 Å². The summed E-state index contributed by atoms with van der Waals surface area (Å²) in [5, 5.41) is -2.03. The molecule has 15 rings (SSSR count). The van der Waals surface area contributed by atoms with Gasteiger partial charge in [-0.1, -0.05) is 287 Å². The maximum absolute atomic E-state index is 11.0. The van der Waals surface area contributed by atoms with E-state index in [4.69, 9.17) is 17.9 Å². The summed E-state index contributed by atoms with van der Waals surface area (Å²) >= 11 is 0. The SMILES string of the molecule is [2H]c1c([2H])c([2H])c([Si](c2c([2H])c([2H])c([2H])c([2H])c2[2H])(c2c([2H])c([2H])c([2H])c([2H])c2[2H])c2c([2H])c([2H])c([2H])c(-c3cccc(-c4cc(C(C)(C)C)cc(C(C)(C)C)c4)c3-[n+]3[c-]n(-c4cccc(Oc5ccc6c7ccccc7n(-c7cc(C([2H])([2H])[2H])c(-c8ccc9c(c8)C(C)(C)CCC9(C)C)cn7)c6c5)c4)c4ccccc43)c2[2H])c([2H])c1[2H]. The first-order valence-corrected chi connectivity index (χ1v) is 33.9. The summed E-state index contributed by atoms with van der Waals surface area (Å²) in [4.78, 5) is 5.08. The third-order valence-corrected chi connectivity index (χ3v) is 22.9. The zero-order valence-corrected chi connectivity index (χ0v) is 55.6. The highest BCUT2D eigenvalue weighted by molar-refractivity contribution is 7.19. The van der Waals surface area contributed by atoms with Crippen LogP contribution in [-0.4, -0.2) is 22.2 Å². The van der Waals surface area contributed by atoms with Crippen LogP contribution in [-0.2, 0) is 21.7 Å². The van der Waals surface area contributed by atoms with Crippen molar-refractivity contribution in [3.8, 4) is 62.1 Å². The molecule has 468 valence electrons. The summed E-state index contributed by atoms with van der Waals surface area (Å²) in [5.41, 5.74) is 8.34. The van der Waals surface area contributed by atoms with E-state index in [0.717, 1.165) is 45.8 Å². The number of imidazole rings is 1. The second-order valence-electron chi connectivity index (χ2n) is 28.0. The van der Waals surface area contributed by atoms with Gasteiger partial charge in [0.15, 0.2) is 8.07 Å². The maximum Gasteiger partial charge on any atom is 0.269 e. The molecule has 0 N–H and O–H groups in total. The van der Waals surface area contributed by atoms with Gasteiger partial charge in [0.1, 0.15) is 17.3 Å². The van der Waals surface area contributed by atoms with Crippen molar-refractivity contribution in [2.24, 2.45) is 0 Å². The first-order valence-electron chi connectivity index (χ1n) is 42.9. The second-order valence-corrected chi connectivity index (χ2v) is 31.5. The van der Waals surface area contributed by atoms with Crippen LogP contribution in [0.1, 0.15) is 140 Å². The van der Waals surface area contributed by atoms with Gasteiger partial charge in [-0.25, -0.2) is 4.98 Å². The normalized spacial score (nSPS) is 17.3. The third kappa shape index (κ3) is 10.8. The quantitative estimate of drug-likeness (QED) is 0.0529. The average Bonchev–Trinajstić information content (AvgIpc) is 1.31. The number of para-hydroxylation sites is 4. The second kappa shape index (κ2) is 23.4. The van der Waals surface area contributed by atoms with E-state index in [9.17, 15) is 21.9 Å². The van der Waals surface area contributed by atoms with Crippen LogP contribution in [0.2, 0.25) is 0 Å². The largest absolute Gasteiger partial charge is 0.458 e. The molecule has 3 heterocycles. The lowest BCUT2D eigenvalue weighted by molar-refractivity contribution is -0.571. The minimum Gasteiger partial charge on any atom is -0.458 e. The molecule has 0 atom stereocenters. The summed E-state index contributed by atoms with van der Waals surface area (Å²) in [6.07, 6.45) is 7.30. The van der Waals surface area contributed by atoms with Crippen LogP contribution >= 0.6 is 0 Å². The van der Waals surface area contributed by atoms with Crippen molar-refractivity contribution in [3.63, 3.8) is 0 Å². The van der Waals surface area contributed by atoms with E-state index in [1.807, 2.05) is 102 Å². The number of nitrogens with zero attached hydrogens (tertiary/aromatic N) is 4. The Kier molecular flexibility index (Phi) is 10.1. The first-order chi connectivity index (χ1) is 54.8. The highest BCUT2D eigenvalue weighted by Crippen LogP contribution is 2.48. The van der Waals surface area contributed by atoms with Crippen molar-refractivity contribution in [2.45, 2.75) is 111 Å². The maximum atomic E-state index is 11.0. The highest BCUT2D eigenvalue weighted by atomic mass is 28.3. The predicted molar refractivity (Wildman–Crippen MR) is 400 cm³/mol. The van der Waals surface area contributed by atoms with Crippen LogP contribution in [0.15, 0.2) is 273 Å². The molecule has 5 nitrogen and oxygen atoms in total. The number of ether oxygens (including phenoxy) is 1. The molecule has 0 saturated heterocycles. The van der Waals surface area contributed by atoms with E-state index in [2.05, 4.69) is 93.8 Å². The van der Waals surface area contributed by atoms with Crippen molar-refractivity contribution in [1.29, 1.82) is 0 Å². The molecule has 0 saturated carbocycles. The Labute approximate surface area is 592 Å². The van der Waals surface area contributed by atoms with Crippen LogP contribution in [0.5, 0.6) is 11.5 Å². The van der Waals surface area contributed by atoms with Crippen LogP contribution < -0.4 is 30.1 Å². The van der Waals surface area contributed by atoms with Crippen LogP contribution in [0.25, 0.3) is 83.4 Å². The van der Waals surface area contributed by atoms with Gasteiger partial charge in [-0.2, -0.15) is 0 Å². The topological polar surface area (TPSA) is 35.9 Å². The van der Waals surface area contributed by atoms with Gasteiger partial charge in [0.2, 0.25) is 0 Å². The minimum atomic E-state index is -6.28. The minimum absolute atomic E-state index is 0.0284. The molecule has 3 aromatic heterocycles. The number of benzene rings is 11. The molecule has 0 bridgehead atoms. The van der Waals surface area contributed by atoms with Crippen LogP contribution in [0, 0.1) is 13.2 Å². The fourth-order valence-corrected chi connectivity index (χ4v) is 17.2. The van der Waals surface area contributed by atoms with E-state index in [-0.39, 0.29) is 27.6 Å². The Bertz CT molecular complexity index is 6300. The van der Waals surface area contributed by atoms with Crippen LogP contribution in [0.3, 0.4) is 0 Å². The van der Waals surface area contributed by atoms with Gasteiger partial charge in [0, 0.05) is 32.7 Å².